The molecule has 0 atom stereocenters. The predicted molar refractivity (Wildman–Crippen MR) is 650 cm³/mol. The van der Waals surface area contributed by atoms with Crippen LogP contribution in [0.2, 0.25) is 13.1 Å². The molecule has 0 nitrogen and oxygen atoms in total. The molecular formula is C139H94S8Si. The van der Waals surface area contributed by atoms with Crippen molar-refractivity contribution < 1.29 is 0 Å². The van der Waals surface area contributed by atoms with E-state index in [2.05, 4.69) is 546 Å². The van der Waals surface area contributed by atoms with Gasteiger partial charge < -0.3 is 0 Å². The average molecular weight is 2050 g/mol. The van der Waals surface area contributed by atoms with Gasteiger partial charge in [-0.15, -0.1) is 90.7 Å². The average Bonchev–Trinajstić information content (AvgIpc) is 1.50. The van der Waals surface area contributed by atoms with Crippen molar-refractivity contribution in [1.82, 2.24) is 0 Å². The molecule has 0 fully saturated rings. The van der Waals surface area contributed by atoms with E-state index < -0.39 is 13.5 Å². The highest BCUT2D eigenvalue weighted by atomic mass is 32.1. The lowest BCUT2D eigenvalue weighted by Crippen LogP contribution is -2.28. The minimum Gasteiger partial charge on any atom is -0.143 e. The lowest BCUT2D eigenvalue weighted by Gasteiger charge is -2.32. The molecule has 0 unspecified atom stereocenters. The van der Waals surface area contributed by atoms with Gasteiger partial charge in [-0.05, 0) is 320 Å². The van der Waals surface area contributed by atoms with Gasteiger partial charge in [-0.25, -0.2) is 0 Å². The number of benzene rings is 17. The fraction of sp³-hybridized carbons (Fsp3) is 0.0216. The highest BCUT2D eigenvalue weighted by Gasteiger charge is 2.53. The molecule has 17 aromatic carbocycles. The van der Waals surface area contributed by atoms with E-state index in [1.807, 2.05) is 68.0 Å². The molecule has 1 aliphatic heterocycles. The number of hydrogen-bond donors (Lipinski definition) is 0. The highest BCUT2D eigenvalue weighted by Crippen LogP contribution is 2.66. The molecule has 0 bridgehead atoms. The first kappa shape index (κ1) is 92.2. The Bertz CT molecular complexity index is 8540. The van der Waals surface area contributed by atoms with Crippen LogP contribution in [0.15, 0.2) is 520 Å². The molecule has 702 valence electrons. The first-order valence-electron chi connectivity index (χ1n) is 50.1. The van der Waals surface area contributed by atoms with E-state index in [-0.39, 0.29) is 0 Å². The summed E-state index contributed by atoms with van der Waals surface area (Å²) in [5, 5.41) is 9.99. The Labute approximate surface area is 897 Å². The zero-order chi connectivity index (χ0) is 98.6. The van der Waals surface area contributed by atoms with E-state index >= 15 is 0 Å². The minimum atomic E-state index is -2.19. The van der Waals surface area contributed by atoms with Crippen LogP contribution in [0.4, 0.5) is 0 Å². The van der Waals surface area contributed by atoms with Crippen molar-refractivity contribution in [3.8, 4) is 161 Å². The molecule has 25 aromatic rings. The second kappa shape index (κ2) is 39.9. The number of fused-ring (bicyclic) bond motifs is 12. The Kier molecular flexibility index (Phi) is 24.9. The SMILES string of the molecule is C(=Cc1ccc(-c2ccc(-c3cccs3)s2)s1)c1ccc(-c2ccc(-c3cccs3)s2)s1.C[Si]1(C)C(c2ccc(-c3cc4ccccc4s3)cc2)=C(c2ccccc2)C(c2ccccc2)=C1c1cc2ccccc2s1.c1ccc(-c2ccc(-c3ccc4c(c3)C3(c5cc(-c6ccc(-c7ccccc7)cc6)ccc5-4)c4cc(-c5ccc(-c6ccccc6)cc5)ccc4-c4ccc(-c5ccc(-c6ccccc6)cc5)cc43)cc2)cc1. The summed E-state index contributed by atoms with van der Waals surface area (Å²) in [6.07, 6.45) is 4.48. The first-order valence-corrected chi connectivity index (χ1v) is 59.8. The lowest BCUT2D eigenvalue weighted by atomic mass is 9.69. The van der Waals surface area contributed by atoms with Gasteiger partial charge in [-0.2, -0.15) is 0 Å². The minimum absolute atomic E-state index is 0.630. The summed E-state index contributed by atoms with van der Waals surface area (Å²) in [6.45, 7) is 5.11. The largest absolute Gasteiger partial charge is 0.143 e. The Balaban J connectivity index is 0.000000124. The van der Waals surface area contributed by atoms with Crippen LogP contribution >= 0.6 is 90.7 Å². The summed E-state index contributed by atoms with van der Waals surface area (Å²) >= 11 is 14.9. The van der Waals surface area contributed by atoms with Crippen molar-refractivity contribution in [2.75, 3.05) is 0 Å². The molecule has 0 amide bonds. The van der Waals surface area contributed by atoms with Crippen LogP contribution < -0.4 is 0 Å². The van der Waals surface area contributed by atoms with Gasteiger partial charge in [0.15, 0.2) is 0 Å². The summed E-state index contributed by atoms with van der Waals surface area (Å²) in [6, 6.07) is 188. The van der Waals surface area contributed by atoms with Crippen molar-refractivity contribution >= 4 is 153 Å². The van der Waals surface area contributed by atoms with Gasteiger partial charge >= 0.3 is 0 Å². The Morgan fingerprint density at radius 1 is 0.176 bits per heavy atom. The molecule has 1 spiro atoms. The van der Waals surface area contributed by atoms with E-state index in [4.69, 9.17) is 0 Å². The van der Waals surface area contributed by atoms with E-state index in [1.54, 1.807) is 27.9 Å². The molecule has 28 rings (SSSR count). The third-order valence-electron chi connectivity index (χ3n) is 29.1. The third-order valence-corrected chi connectivity index (χ3v) is 42.0. The van der Waals surface area contributed by atoms with Crippen LogP contribution in [0.1, 0.15) is 53.6 Å². The summed E-state index contributed by atoms with van der Waals surface area (Å²) in [5.74, 6) is 0. The van der Waals surface area contributed by atoms with Crippen LogP contribution in [0, 0.1) is 0 Å². The summed E-state index contributed by atoms with van der Waals surface area (Å²) in [7, 11) is -2.19. The number of hydrogen-bond acceptors (Lipinski definition) is 8. The standard InChI is InChI=1S/C73H48.C40H30S2Si.C26H16S6/c1-5-13-49(14-6-1)53-21-29-57(30-22-53)61-37-41-65-66-42-38-62(58-31-23-54(24-32-58)50-15-7-2-8-16-50)46-70(66)73(69(65)45-61)71-47-63(59-33-25-55(26-34-59)51-17-9-3-10-18-51)39-43-67(71)68-44-40-64(48-72(68)73)60-35-27-56(28-36-60)52-19-11-4-12-20-52;1-43(2)39(30-23-21-27(22-24-30)35-25-31-17-9-11-19-33(31)41-35)37(28-13-5-3-6-14-28)38(29-15-7-4-8-16-29)40(43)36-26-32-18-10-12-20-34(32)42-36;1-3-19(27-15-1)21-11-13-25(31-21)23-9-7-17(29-23)5-6-18-8-10-24(30-18)26-14-12-22(32-26)20-4-2-16-28-20/h1-48H;3-26H,1-2H3;1-16H. The quantitative estimate of drug-likeness (QED) is 0.0708. The van der Waals surface area contributed by atoms with Gasteiger partial charge in [0.2, 0.25) is 0 Å². The Hall–Kier alpha value is -15.7. The molecule has 9 heterocycles. The molecule has 0 saturated heterocycles. The van der Waals surface area contributed by atoms with Gasteiger partial charge in [0.1, 0.15) is 8.07 Å². The zero-order valence-electron chi connectivity index (χ0n) is 81.1. The van der Waals surface area contributed by atoms with Gasteiger partial charge in [-0.3, -0.25) is 0 Å². The van der Waals surface area contributed by atoms with Crippen molar-refractivity contribution in [3.63, 3.8) is 0 Å². The molecular weight excluding hydrogens is 1950 g/mol. The van der Waals surface area contributed by atoms with Crippen LogP contribution in [0.5, 0.6) is 0 Å². The van der Waals surface area contributed by atoms with Gasteiger partial charge in [-0.1, -0.05) is 413 Å². The van der Waals surface area contributed by atoms with Crippen LogP contribution in [0.3, 0.4) is 0 Å². The molecule has 3 aliphatic rings. The fourth-order valence-electron chi connectivity index (χ4n) is 22.0. The van der Waals surface area contributed by atoms with E-state index in [9.17, 15) is 0 Å². The molecule has 9 heteroatoms. The second-order valence-electron chi connectivity index (χ2n) is 38.3. The molecule has 0 saturated carbocycles. The molecule has 2 aliphatic carbocycles. The summed E-state index contributed by atoms with van der Waals surface area (Å²) in [5.41, 5.74) is 37.1. The van der Waals surface area contributed by atoms with Gasteiger partial charge in [0.05, 0.1) is 5.41 Å². The highest BCUT2D eigenvalue weighted by molar-refractivity contribution is 7.28. The van der Waals surface area contributed by atoms with Crippen molar-refractivity contribution in [2.24, 2.45) is 0 Å². The van der Waals surface area contributed by atoms with Gasteiger partial charge in [0, 0.05) is 67.9 Å². The predicted octanol–water partition coefficient (Wildman–Crippen LogP) is 42.4. The van der Waals surface area contributed by atoms with E-state index in [0.717, 1.165) is 0 Å². The van der Waals surface area contributed by atoms with E-state index in [0.29, 0.717) is 0 Å². The Morgan fingerprint density at radius 2 is 0.432 bits per heavy atom. The number of thiophene rings is 8. The fourth-order valence-corrected chi connectivity index (χ4v) is 34.3. The smallest absolute Gasteiger partial charge is 0.116 e. The van der Waals surface area contributed by atoms with E-state index in [1.165, 1.54) is 251 Å². The number of rotatable bonds is 19. The first-order chi connectivity index (χ1) is 73.0. The monoisotopic (exact) mass is 2050 g/mol. The maximum Gasteiger partial charge on any atom is 0.116 e. The van der Waals surface area contributed by atoms with Crippen LogP contribution in [0.25, 0.3) is 215 Å². The number of allylic oxidation sites excluding steroid dienone is 2. The molecule has 8 aromatic heterocycles. The summed E-state index contributed by atoms with van der Waals surface area (Å²) < 4.78 is 2.69. The molecule has 0 N–H and O–H groups in total. The third kappa shape index (κ3) is 17.7. The maximum absolute atomic E-state index is 2.56. The van der Waals surface area contributed by atoms with Crippen molar-refractivity contribution in [3.05, 3.63) is 574 Å². The van der Waals surface area contributed by atoms with Crippen molar-refractivity contribution in [2.45, 2.75) is 18.5 Å². The lowest BCUT2D eigenvalue weighted by molar-refractivity contribution is 0.795. The van der Waals surface area contributed by atoms with Gasteiger partial charge in [0.25, 0.3) is 0 Å². The van der Waals surface area contributed by atoms with Crippen LogP contribution in [-0.4, -0.2) is 8.07 Å². The zero-order valence-corrected chi connectivity index (χ0v) is 88.6. The van der Waals surface area contributed by atoms with Crippen molar-refractivity contribution in [1.29, 1.82) is 0 Å². The molecule has 148 heavy (non-hydrogen) atoms. The Morgan fingerprint density at radius 3 is 0.764 bits per heavy atom. The topological polar surface area (TPSA) is 0 Å². The maximum atomic E-state index is 2.56. The second-order valence-corrected chi connectivity index (χ2v) is 51.0. The normalized spacial score (nSPS) is 13.0. The van der Waals surface area contributed by atoms with Crippen LogP contribution in [-0.2, 0) is 5.41 Å². The summed E-state index contributed by atoms with van der Waals surface area (Å²) in [4.78, 5) is 16.1. The molecule has 0 radical (unpaired) electrons.